The number of carbonyl (C=O) groups excluding carboxylic acids is 1. The topological polar surface area (TPSA) is 57.8 Å². The fraction of sp³-hybridized carbons (Fsp3) is 0.200. The molecule has 3 aromatic rings. The molecule has 1 atom stereocenters. The van der Waals surface area contributed by atoms with E-state index in [-0.39, 0.29) is 24.4 Å². The molecule has 0 fully saturated rings. The van der Waals surface area contributed by atoms with Gasteiger partial charge in [0.25, 0.3) is 5.91 Å². The number of benzene rings is 1. The van der Waals surface area contributed by atoms with E-state index in [4.69, 9.17) is 0 Å². The summed E-state index contributed by atoms with van der Waals surface area (Å²) in [5.41, 5.74) is 5.12. The largest absolute Gasteiger partial charge is 0.358 e. The van der Waals surface area contributed by atoms with Crippen molar-refractivity contribution in [2.24, 2.45) is 0 Å². The van der Waals surface area contributed by atoms with E-state index < -0.39 is 0 Å². The third-order valence-electron chi connectivity index (χ3n) is 4.55. The van der Waals surface area contributed by atoms with Crippen LogP contribution in [0.1, 0.15) is 28.0 Å². The highest BCUT2D eigenvalue weighted by Crippen LogP contribution is 2.25. The molecule has 1 aromatic carbocycles. The van der Waals surface area contributed by atoms with Crippen molar-refractivity contribution in [1.82, 2.24) is 15.3 Å². The molecule has 4 rings (SSSR count). The highest BCUT2D eigenvalue weighted by molar-refractivity contribution is 5.98. The Morgan fingerprint density at radius 1 is 1.08 bits per heavy atom. The number of halogens is 1. The molecule has 0 saturated carbocycles. The second-order valence-corrected chi connectivity index (χ2v) is 6.21. The highest BCUT2D eigenvalue weighted by atomic mass is 35.5. The Bertz CT molecular complexity index is 846. The average molecular weight is 354 g/mol. The second-order valence-electron chi connectivity index (χ2n) is 6.21. The lowest BCUT2D eigenvalue weighted by Gasteiger charge is -2.23. The Hall–Kier alpha value is -2.59. The first-order chi connectivity index (χ1) is 11.8. The molecule has 1 amide bonds. The highest BCUT2D eigenvalue weighted by Gasteiger charge is 2.26. The first-order valence-corrected chi connectivity index (χ1v) is 8.26. The van der Waals surface area contributed by atoms with Crippen LogP contribution >= 0.6 is 12.4 Å². The van der Waals surface area contributed by atoms with E-state index >= 15 is 0 Å². The number of hydrogen-bond acceptors (Lipinski definition) is 2. The summed E-state index contributed by atoms with van der Waals surface area (Å²) in [7, 11) is 0. The summed E-state index contributed by atoms with van der Waals surface area (Å²) in [5.74, 6) is 0.0193. The fourth-order valence-corrected chi connectivity index (χ4v) is 3.27. The van der Waals surface area contributed by atoms with Crippen LogP contribution in [0, 0.1) is 0 Å². The summed E-state index contributed by atoms with van der Waals surface area (Å²) in [6, 6.07) is 16.4. The maximum absolute atomic E-state index is 12.4. The van der Waals surface area contributed by atoms with E-state index in [1.165, 1.54) is 5.56 Å². The number of rotatable bonds is 4. The van der Waals surface area contributed by atoms with Crippen molar-refractivity contribution < 1.29 is 4.79 Å². The molecule has 128 valence electrons. The molecule has 0 bridgehead atoms. The second kappa shape index (κ2) is 7.53. The zero-order valence-corrected chi connectivity index (χ0v) is 14.6. The number of carbonyl (C=O) groups is 1. The van der Waals surface area contributed by atoms with Gasteiger partial charge in [-0.2, -0.15) is 0 Å². The maximum Gasteiger partial charge on any atom is 0.253 e. The number of aryl methyl sites for hydroxylation is 1. The summed E-state index contributed by atoms with van der Waals surface area (Å²) >= 11 is 0. The lowest BCUT2D eigenvalue weighted by Crippen LogP contribution is -2.41. The molecule has 25 heavy (non-hydrogen) atoms. The van der Waals surface area contributed by atoms with Crippen LogP contribution < -0.4 is 5.32 Å². The number of hydrogen-bond donors (Lipinski definition) is 2. The number of H-pyrrole nitrogens is 1. The molecule has 5 heteroatoms. The maximum atomic E-state index is 12.4. The van der Waals surface area contributed by atoms with Crippen LogP contribution in [0.25, 0.3) is 11.3 Å². The molecule has 1 aliphatic heterocycles. The number of nitrogens with zero attached hydrogens (tertiary/aromatic N) is 1. The van der Waals surface area contributed by atoms with Crippen molar-refractivity contribution in [3.63, 3.8) is 0 Å². The number of nitrogens with one attached hydrogen (secondary N) is 2. The van der Waals surface area contributed by atoms with Gasteiger partial charge < -0.3 is 10.3 Å². The quantitative estimate of drug-likeness (QED) is 0.749. The normalized spacial score (nSPS) is 15.8. The molecule has 1 aliphatic rings. The van der Waals surface area contributed by atoms with Gasteiger partial charge in [-0.3, -0.25) is 9.78 Å². The number of pyridine rings is 1. The van der Waals surface area contributed by atoms with E-state index in [1.54, 1.807) is 12.4 Å². The van der Waals surface area contributed by atoms with Crippen molar-refractivity contribution in [2.45, 2.75) is 25.3 Å². The van der Waals surface area contributed by atoms with Gasteiger partial charge in [-0.1, -0.05) is 30.3 Å². The average Bonchev–Trinajstić information content (AvgIpc) is 3.06. The van der Waals surface area contributed by atoms with Gasteiger partial charge in [0, 0.05) is 41.8 Å². The van der Waals surface area contributed by atoms with Crippen molar-refractivity contribution in [2.75, 3.05) is 0 Å². The molecule has 0 spiro atoms. The van der Waals surface area contributed by atoms with Gasteiger partial charge in [0.15, 0.2) is 0 Å². The monoisotopic (exact) mass is 353 g/mol. The number of aromatic amines is 1. The molecule has 0 radical (unpaired) electrons. The van der Waals surface area contributed by atoms with Gasteiger partial charge in [0.05, 0.1) is 5.56 Å². The van der Waals surface area contributed by atoms with Gasteiger partial charge in [-0.25, -0.2) is 0 Å². The Balaban J connectivity index is 0.00000182. The van der Waals surface area contributed by atoms with Crippen molar-refractivity contribution >= 4 is 18.3 Å². The molecule has 0 aliphatic carbocycles. The first-order valence-electron chi connectivity index (χ1n) is 8.26. The minimum absolute atomic E-state index is 0. The van der Waals surface area contributed by atoms with Crippen LogP contribution in [0.15, 0.2) is 60.9 Å². The lowest BCUT2D eigenvalue weighted by molar-refractivity contribution is 0.0923. The van der Waals surface area contributed by atoms with Gasteiger partial charge >= 0.3 is 0 Å². The zero-order valence-electron chi connectivity index (χ0n) is 13.7. The van der Waals surface area contributed by atoms with E-state index in [2.05, 4.69) is 39.6 Å². The van der Waals surface area contributed by atoms with E-state index in [9.17, 15) is 4.79 Å². The summed E-state index contributed by atoms with van der Waals surface area (Å²) in [4.78, 5) is 19.9. The molecular weight excluding hydrogens is 334 g/mol. The molecule has 2 aromatic heterocycles. The van der Waals surface area contributed by atoms with Gasteiger partial charge in [0.2, 0.25) is 0 Å². The van der Waals surface area contributed by atoms with Crippen LogP contribution in [0.2, 0.25) is 0 Å². The summed E-state index contributed by atoms with van der Waals surface area (Å²) in [6.45, 7) is 0. The van der Waals surface area contributed by atoms with Crippen molar-refractivity contribution in [3.8, 4) is 11.3 Å². The smallest absolute Gasteiger partial charge is 0.253 e. The minimum atomic E-state index is 0. The third-order valence-corrected chi connectivity index (χ3v) is 4.55. The zero-order chi connectivity index (χ0) is 16.4. The molecule has 4 nitrogen and oxygen atoms in total. The molecular formula is C20H20ClN3O. The van der Waals surface area contributed by atoms with E-state index in [1.807, 2.05) is 24.3 Å². The van der Waals surface area contributed by atoms with Crippen LogP contribution in [-0.2, 0) is 12.8 Å². The Kier molecular flexibility index (Phi) is 5.19. The lowest BCUT2D eigenvalue weighted by atomic mass is 9.96. The van der Waals surface area contributed by atoms with Crippen LogP contribution in [0.4, 0.5) is 0 Å². The molecule has 2 N–H and O–H groups in total. The van der Waals surface area contributed by atoms with Crippen LogP contribution in [0.3, 0.4) is 0 Å². The summed E-state index contributed by atoms with van der Waals surface area (Å²) in [6.07, 6.45) is 6.28. The minimum Gasteiger partial charge on any atom is -0.358 e. The summed E-state index contributed by atoms with van der Waals surface area (Å²) in [5, 5.41) is 3.14. The molecule has 0 unspecified atom stereocenters. The van der Waals surface area contributed by atoms with Crippen molar-refractivity contribution in [3.05, 3.63) is 77.7 Å². The van der Waals surface area contributed by atoms with Crippen LogP contribution in [0.5, 0.6) is 0 Å². The Morgan fingerprint density at radius 3 is 2.60 bits per heavy atom. The van der Waals surface area contributed by atoms with E-state index in [0.29, 0.717) is 0 Å². The van der Waals surface area contributed by atoms with Gasteiger partial charge in [-0.05, 0) is 36.6 Å². The Labute approximate surface area is 153 Å². The fourth-order valence-electron chi connectivity index (χ4n) is 3.27. The number of aromatic nitrogens is 2. The summed E-state index contributed by atoms with van der Waals surface area (Å²) < 4.78 is 0. The first kappa shape index (κ1) is 17.2. The van der Waals surface area contributed by atoms with Crippen LogP contribution in [-0.4, -0.2) is 21.9 Å². The Morgan fingerprint density at radius 2 is 1.84 bits per heavy atom. The molecule has 3 heterocycles. The van der Waals surface area contributed by atoms with Gasteiger partial charge in [0.1, 0.15) is 0 Å². The number of fused-ring (bicyclic) bond motifs is 1. The SMILES string of the molecule is Cl.O=C1N[C@@H](CCc2ccccc2)Cc2[nH]c(-c3ccncc3)cc21. The predicted molar refractivity (Wildman–Crippen MR) is 101 cm³/mol. The van der Waals surface area contributed by atoms with Gasteiger partial charge in [-0.15, -0.1) is 12.4 Å². The predicted octanol–water partition coefficient (Wildman–Crippen LogP) is 3.79. The third kappa shape index (κ3) is 3.74. The van der Waals surface area contributed by atoms with Crippen molar-refractivity contribution in [1.29, 1.82) is 0 Å². The standard InChI is InChI=1S/C20H19N3O.ClH/c24-20-17-13-18(15-8-10-21-11-9-15)23-19(17)12-16(22-20)7-6-14-4-2-1-3-5-14;/h1-5,8-11,13,16,23H,6-7,12H2,(H,22,24);1H/t16-;/m0./s1. The van der Waals surface area contributed by atoms with E-state index in [0.717, 1.165) is 41.8 Å². The number of amides is 1. The molecule has 0 saturated heterocycles.